The molecule has 0 aliphatic rings. The van der Waals surface area contributed by atoms with Gasteiger partial charge < -0.3 is 15.1 Å². The molecule has 0 radical (unpaired) electrons. The maximum absolute atomic E-state index is 5.70. The molecule has 1 heterocycles. The number of aliphatic imine (C=N–C) groups is 1. The average molecular weight is 270 g/mol. The van der Waals surface area contributed by atoms with Crippen LogP contribution in [0.25, 0.3) is 0 Å². The molecule has 0 aliphatic heterocycles. The molecule has 0 aromatic carbocycles. The highest BCUT2D eigenvalue weighted by Crippen LogP contribution is 2.15. The topological polar surface area (TPSA) is 49.6 Å². The van der Waals surface area contributed by atoms with Crippen molar-refractivity contribution in [2.24, 2.45) is 4.99 Å². The number of furan rings is 1. The third-order valence-electron chi connectivity index (χ3n) is 2.29. The molecule has 0 fully saturated rings. The summed E-state index contributed by atoms with van der Waals surface area (Å²) in [6.45, 7) is 10.7. The number of hydrogen-bond acceptors (Lipinski definition) is 2. The van der Waals surface area contributed by atoms with E-state index in [-0.39, 0.29) is 6.04 Å². The van der Waals surface area contributed by atoms with Crippen molar-refractivity contribution in [3.63, 3.8) is 0 Å². The number of nitrogens with zero attached hydrogens (tertiary/aromatic N) is 1. The number of rotatable bonds is 5. The standard InChI is InChI=1S/C13H20ClN3O/c1-5-15-13(16-8-9(2)14)17-11(4)12-7-6-10(3)18-12/h6-7,11H,2,5,8H2,1,3-4H3,(H2,15,16,17). The first-order valence-electron chi connectivity index (χ1n) is 5.97. The molecule has 0 saturated carbocycles. The SMILES string of the molecule is C=C(Cl)CN=C(NCC)NC(C)c1ccc(C)o1. The van der Waals surface area contributed by atoms with E-state index < -0.39 is 0 Å². The minimum absolute atomic E-state index is 0.0418. The van der Waals surface area contributed by atoms with Crippen molar-refractivity contribution in [3.8, 4) is 0 Å². The van der Waals surface area contributed by atoms with Crippen molar-refractivity contribution in [2.75, 3.05) is 13.1 Å². The predicted octanol–water partition coefficient (Wildman–Crippen LogP) is 2.96. The van der Waals surface area contributed by atoms with Gasteiger partial charge in [-0.05, 0) is 32.9 Å². The summed E-state index contributed by atoms with van der Waals surface area (Å²) in [6, 6.07) is 3.94. The van der Waals surface area contributed by atoms with Gasteiger partial charge in [-0.1, -0.05) is 18.2 Å². The molecule has 0 saturated heterocycles. The van der Waals surface area contributed by atoms with Gasteiger partial charge in [0, 0.05) is 11.6 Å². The monoisotopic (exact) mass is 269 g/mol. The van der Waals surface area contributed by atoms with Gasteiger partial charge in [-0.2, -0.15) is 0 Å². The van der Waals surface area contributed by atoms with E-state index in [1.54, 1.807) is 0 Å². The van der Waals surface area contributed by atoms with E-state index in [0.29, 0.717) is 17.5 Å². The van der Waals surface area contributed by atoms with Crippen LogP contribution in [0.2, 0.25) is 0 Å². The first-order valence-corrected chi connectivity index (χ1v) is 6.35. The summed E-state index contributed by atoms with van der Waals surface area (Å²) in [5, 5.41) is 6.90. The van der Waals surface area contributed by atoms with Crippen molar-refractivity contribution in [3.05, 3.63) is 35.3 Å². The van der Waals surface area contributed by atoms with Crippen LogP contribution in [-0.2, 0) is 0 Å². The van der Waals surface area contributed by atoms with Crippen molar-refractivity contribution in [1.82, 2.24) is 10.6 Å². The van der Waals surface area contributed by atoms with Crippen LogP contribution in [-0.4, -0.2) is 19.0 Å². The molecule has 0 bridgehead atoms. The second-order valence-electron chi connectivity index (χ2n) is 4.03. The molecule has 18 heavy (non-hydrogen) atoms. The Morgan fingerprint density at radius 2 is 2.28 bits per heavy atom. The highest BCUT2D eigenvalue weighted by Gasteiger charge is 2.10. The van der Waals surface area contributed by atoms with Crippen LogP contribution >= 0.6 is 11.6 Å². The Balaban J connectivity index is 2.65. The molecule has 0 amide bonds. The van der Waals surface area contributed by atoms with Crippen LogP contribution in [0.15, 0.2) is 33.2 Å². The van der Waals surface area contributed by atoms with E-state index in [0.717, 1.165) is 18.1 Å². The number of hydrogen-bond donors (Lipinski definition) is 2. The molecular formula is C13H20ClN3O. The highest BCUT2D eigenvalue weighted by atomic mass is 35.5. The number of halogens is 1. The fourth-order valence-corrected chi connectivity index (χ4v) is 1.51. The molecule has 1 aromatic rings. The van der Waals surface area contributed by atoms with Crippen molar-refractivity contribution in [2.45, 2.75) is 26.8 Å². The zero-order valence-electron chi connectivity index (χ0n) is 11.1. The molecule has 0 aliphatic carbocycles. The van der Waals surface area contributed by atoms with E-state index in [2.05, 4.69) is 22.2 Å². The van der Waals surface area contributed by atoms with Crippen LogP contribution in [0, 0.1) is 6.92 Å². The van der Waals surface area contributed by atoms with Crippen LogP contribution in [0.5, 0.6) is 0 Å². The van der Waals surface area contributed by atoms with Crippen molar-refractivity contribution >= 4 is 17.6 Å². The Labute approximate surface area is 113 Å². The second-order valence-corrected chi connectivity index (χ2v) is 4.56. The molecule has 1 rings (SSSR count). The lowest BCUT2D eigenvalue weighted by atomic mass is 10.2. The van der Waals surface area contributed by atoms with Gasteiger partial charge >= 0.3 is 0 Å². The summed E-state index contributed by atoms with van der Waals surface area (Å²) in [7, 11) is 0. The quantitative estimate of drug-likeness (QED) is 0.638. The fourth-order valence-electron chi connectivity index (χ4n) is 1.45. The van der Waals surface area contributed by atoms with E-state index in [9.17, 15) is 0 Å². The number of aryl methyl sites for hydroxylation is 1. The van der Waals surface area contributed by atoms with Gasteiger partial charge in [0.15, 0.2) is 5.96 Å². The average Bonchev–Trinajstić information content (AvgIpc) is 2.73. The van der Waals surface area contributed by atoms with Gasteiger partial charge in [0.1, 0.15) is 11.5 Å². The summed E-state index contributed by atoms with van der Waals surface area (Å²) in [5.74, 6) is 2.47. The molecule has 5 heteroatoms. The van der Waals surface area contributed by atoms with E-state index >= 15 is 0 Å². The molecule has 1 atom stereocenters. The molecule has 1 aromatic heterocycles. The molecular weight excluding hydrogens is 250 g/mol. The van der Waals surface area contributed by atoms with Gasteiger partial charge in [-0.25, -0.2) is 4.99 Å². The highest BCUT2D eigenvalue weighted by molar-refractivity contribution is 6.29. The number of guanidine groups is 1. The summed E-state index contributed by atoms with van der Waals surface area (Å²) < 4.78 is 5.56. The van der Waals surface area contributed by atoms with Crippen LogP contribution in [0.1, 0.15) is 31.4 Å². The Bertz CT molecular complexity index is 426. The Hall–Kier alpha value is -1.42. The van der Waals surface area contributed by atoms with E-state index in [1.807, 2.05) is 32.9 Å². The van der Waals surface area contributed by atoms with Crippen LogP contribution < -0.4 is 10.6 Å². The van der Waals surface area contributed by atoms with Gasteiger partial charge in [-0.15, -0.1) is 0 Å². The lowest BCUT2D eigenvalue weighted by molar-refractivity contribution is 0.441. The maximum atomic E-state index is 5.70. The predicted molar refractivity (Wildman–Crippen MR) is 76.0 cm³/mol. The van der Waals surface area contributed by atoms with Gasteiger partial charge in [-0.3, -0.25) is 0 Å². The molecule has 4 nitrogen and oxygen atoms in total. The summed E-state index contributed by atoms with van der Waals surface area (Å²) in [5.41, 5.74) is 0. The largest absolute Gasteiger partial charge is 0.464 e. The second kappa shape index (κ2) is 7.11. The van der Waals surface area contributed by atoms with Crippen molar-refractivity contribution < 1.29 is 4.42 Å². The fraction of sp³-hybridized carbons (Fsp3) is 0.462. The van der Waals surface area contributed by atoms with E-state index in [4.69, 9.17) is 16.0 Å². The zero-order valence-corrected chi connectivity index (χ0v) is 11.8. The minimum Gasteiger partial charge on any atom is -0.464 e. The van der Waals surface area contributed by atoms with E-state index in [1.165, 1.54) is 0 Å². The maximum Gasteiger partial charge on any atom is 0.192 e. The Morgan fingerprint density at radius 3 is 2.78 bits per heavy atom. The Morgan fingerprint density at radius 1 is 1.56 bits per heavy atom. The van der Waals surface area contributed by atoms with Gasteiger partial charge in [0.2, 0.25) is 0 Å². The van der Waals surface area contributed by atoms with Crippen molar-refractivity contribution in [1.29, 1.82) is 0 Å². The third kappa shape index (κ3) is 4.84. The first kappa shape index (κ1) is 14.6. The lowest BCUT2D eigenvalue weighted by Gasteiger charge is -2.16. The molecule has 0 spiro atoms. The Kier molecular flexibility index (Phi) is 5.78. The molecule has 1 unspecified atom stereocenters. The number of nitrogens with one attached hydrogen (secondary N) is 2. The third-order valence-corrected chi connectivity index (χ3v) is 2.41. The smallest absolute Gasteiger partial charge is 0.192 e. The normalized spacial score (nSPS) is 13.2. The molecule has 2 N–H and O–H groups in total. The van der Waals surface area contributed by atoms with Gasteiger partial charge in [0.25, 0.3) is 0 Å². The lowest BCUT2D eigenvalue weighted by Crippen LogP contribution is -2.38. The molecule has 100 valence electrons. The summed E-state index contributed by atoms with van der Waals surface area (Å²) >= 11 is 5.70. The minimum atomic E-state index is 0.0418. The summed E-state index contributed by atoms with van der Waals surface area (Å²) in [4.78, 5) is 4.31. The van der Waals surface area contributed by atoms with Crippen LogP contribution in [0.3, 0.4) is 0 Å². The van der Waals surface area contributed by atoms with Crippen LogP contribution in [0.4, 0.5) is 0 Å². The van der Waals surface area contributed by atoms with Gasteiger partial charge in [0.05, 0.1) is 12.6 Å². The summed E-state index contributed by atoms with van der Waals surface area (Å²) in [6.07, 6.45) is 0. The first-order chi connectivity index (χ1) is 8.52. The zero-order chi connectivity index (χ0) is 13.5.